The molecule has 0 spiro atoms. The molecule has 1 saturated heterocycles. The SMILES string of the molecule is Cc1ncsc1CNCc1ccc(N2CCOC2=O)cc1. The van der Waals surface area contributed by atoms with E-state index in [1.165, 1.54) is 10.4 Å². The number of carbonyl (C=O) groups excluding carboxylic acids is 1. The standard InChI is InChI=1S/C15H17N3O2S/c1-11-14(21-10-17-11)9-16-8-12-2-4-13(5-3-12)18-6-7-20-15(18)19/h2-5,10,16H,6-9H2,1H3. The lowest BCUT2D eigenvalue weighted by atomic mass is 10.2. The molecule has 2 heterocycles. The molecular weight excluding hydrogens is 286 g/mol. The fraction of sp³-hybridized carbons (Fsp3) is 0.333. The zero-order valence-corrected chi connectivity index (χ0v) is 12.7. The third-order valence-corrected chi connectivity index (χ3v) is 4.40. The van der Waals surface area contributed by atoms with Gasteiger partial charge < -0.3 is 10.1 Å². The smallest absolute Gasteiger partial charge is 0.414 e. The topological polar surface area (TPSA) is 54.5 Å². The Hall–Kier alpha value is -1.92. The maximum Gasteiger partial charge on any atom is 0.414 e. The van der Waals surface area contributed by atoms with Crippen LogP contribution in [0.15, 0.2) is 29.8 Å². The number of cyclic esters (lactones) is 1. The quantitative estimate of drug-likeness (QED) is 0.922. The number of anilines is 1. The van der Waals surface area contributed by atoms with E-state index in [0.29, 0.717) is 13.2 Å². The first-order valence-corrected chi connectivity index (χ1v) is 7.75. The van der Waals surface area contributed by atoms with Crippen molar-refractivity contribution in [1.29, 1.82) is 0 Å². The average Bonchev–Trinajstić information content (AvgIpc) is 3.09. The number of nitrogens with zero attached hydrogens (tertiary/aromatic N) is 2. The minimum Gasteiger partial charge on any atom is -0.447 e. The van der Waals surface area contributed by atoms with Gasteiger partial charge >= 0.3 is 6.09 Å². The zero-order chi connectivity index (χ0) is 14.7. The van der Waals surface area contributed by atoms with Crippen molar-refractivity contribution in [2.24, 2.45) is 0 Å². The first kappa shape index (κ1) is 14.0. The molecule has 110 valence electrons. The number of amides is 1. The molecule has 1 amide bonds. The van der Waals surface area contributed by atoms with Crippen LogP contribution in [-0.4, -0.2) is 24.2 Å². The van der Waals surface area contributed by atoms with Gasteiger partial charge in [0.2, 0.25) is 0 Å². The molecule has 21 heavy (non-hydrogen) atoms. The predicted molar refractivity (Wildman–Crippen MR) is 82.5 cm³/mol. The monoisotopic (exact) mass is 303 g/mol. The van der Waals surface area contributed by atoms with Crippen molar-refractivity contribution in [2.45, 2.75) is 20.0 Å². The number of hydrogen-bond acceptors (Lipinski definition) is 5. The molecule has 1 aromatic heterocycles. The van der Waals surface area contributed by atoms with Gasteiger partial charge in [0.1, 0.15) is 6.61 Å². The van der Waals surface area contributed by atoms with Gasteiger partial charge in [0, 0.05) is 23.7 Å². The fourth-order valence-electron chi connectivity index (χ4n) is 2.24. The predicted octanol–water partition coefficient (Wildman–Crippen LogP) is 2.70. The lowest BCUT2D eigenvalue weighted by Gasteiger charge is -2.13. The van der Waals surface area contributed by atoms with E-state index >= 15 is 0 Å². The van der Waals surface area contributed by atoms with Gasteiger partial charge in [-0.25, -0.2) is 9.78 Å². The van der Waals surface area contributed by atoms with E-state index < -0.39 is 0 Å². The fourth-order valence-corrected chi connectivity index (χ4v) is 2.98. The van der Waals surface area contributed by atoms with Gasteiger partial charge in [-0.1, -0.05) is 12.1 Å². The molecule has 1 aliphatic rings. The number of nitrogens with one attached hydrogen (secondary N) is 1. The lowest BCUT2D eigenvalue weighted by molar-refractivity contribution is 0.181. The molecule has 1 aromatic carbocycles. The molecule has 0 aliphatic carbocycles. The van der Waals surface area contributed by atoms with E-state index in [9.17, 15) is 4.79 Å². The number of aromatic nitrogens is 1. The molecule has 0 bridgehead atoms. The summed E-state index contributed by atoms with van der Waals surface area (Å²) < 4.78 is 4.94. The minimum atomic E-state index is -0.262. The van der Waals surface area contributed by atoms with Crippen molar-refractivity contribution in [3.8, 4) is 0 Å². The van der Waals surface area contributed by atoms with Crippen molar-refractivity contribution in [2.75, 3.05) is 18.1 Å². The summed E-state index contributed by atoms with van der Waals surface area (Å²) in [5.74, 6) is 0. The molecule has 1 N–H and O–H groups in total. The van der Waals surface area contributed by atoms with Gasteiger partial charge in [0.05, 0.1) is 17.7 Å². The number of aryl methyl sites for hydroxylation is 1. The number of carbonyl (C=O) groups is 1. The number of hydrogen-bond donors (Lipinski definition) is 1. The highest BCUT2D eigenvalue weighted by molar-refractivity contribution is 7.09. The molecule has 0 saturated carbocycles. The normalized spacial score (nSPS) is 14.5. The van der Waals surface area contributed by atoms with Crippen LogP contribution in [0.3, 0.4) is 0 Å². The molecule has 6 heteroatoms. The van der Waals surface area contributed by atoms with Crippen molar-refractivity contribution in [3.05, 3.63) is 45.9 Å². The second-order valence-corrected chi connectivity index (χ2v) is 5.84. The molecule has 0 unspecified atom stereocenters. The summed E-state index contributed by atoms with van der Waals surface area (Å²) in [6, 6.07) is 7.99. The first-order chi connectivity index (χ1) is 10.2. The van der Waals surface area contributed by atoms with E-state index in [0.717, 1.165) is 24.5 Å². The Balaban J connectivity index is 1.55. The van der Waals surface area contributed by atoms with Crippen molar-refractivity contribution in [1.82, 2.24) is 10.3 Å². The Morgan fingerprint density at radius 1 is 1.33 bits per heavy atom. The van der Waals surface area contributed by atoms with E-state index in [1.807, 2.05) is 36.7 Å². The van der Waals surface area contributed by atoms with Crippen LogP contribution in [0.2, 0.25) is 0 Å². The van der Waals surface area contributed by atoms with Gasteiger partial charge in [-0.15, -0.1) is 11.3 Å². The van der Waals surface area contributed by atoms with Gasteiger partial charge in [-0.3, -0.25) is 4.90 Å². The summed E-state index contributed by atoms with van der Waals surface area (Å²) in [4.78, 5) is 18.6. The molecule has 0 radical (unpaired) electrons. The third kappa shape index (κ3) is 3.22. The summed E-state index contributed by atoms with van der Waals surface area (Å²) >= 11 is 1.67. The van der Waals surface area contributed by atoms with Crippen LogP contribution >= 0.6 is 11.3 Å². The van der Waals surface area contributed by atoms with Gasteiger partial charge in [0.25, 0.3) is 0 Å². The van der Waals surface area contributed by atoms with Crippen LogP contribution < -0.4 is 10.2 Å². The van der Waals surface area contributed by atoms with Crippen molar-refractivity contribution in [3.63, 3.8) is 0 Å². The number of ether oxygens (including phenoxy) is 1. The van der Waals surface area contributed by atoms with E-state index in [2.05, 4.69) is 10.3 Å². The largest absolute Gasteiger partial charge is 0.447 e. The average molecular weight is 303 g/mol. The summed E-state index contributed by atoms with van der Waals surface area (Å²) in [7, 11) is 0. The summed E-state index contributed by atoms with van der Waals surface area (Å²) in [5.41, 5.74) is 5.04. The minimum absolute atomic E-state index is 0.262. The summed E-state index contributed by atoms with van der Waals surface area (Å²) in [6.45, 7) is 4.74. The Kier molecular flexibility index (Phi) is 4.17. The Bertz CT molecular complexity index is 624. The second kappa shape index (κ2) is 6.24. The molecule has 5 nitrogen and oxygen atoms in total. The highest BCUT2D eigenvalue weighted by Gasteiger charge is 2.23. The number of rotatable bonds is 5. The van der Waals surface area contributed by atoms with Crippen LogP contribution in [0.25, 0.3) is 0 Å². The summed E-state index contributed by atoms with van der Waals surface area (Å²) in [5, 5.41) is 3.41. The van der Waals surface area contributed by atoms with Gasteiger partial charge in [-0.2, -0.15) is 0 Å². The molecule has 2 aromatic rings. The second-order valence-electron chi connectivity index (χ2n) is 4.90. The number of thiazole rings is 1. The summed E-state index contributed by atoms with van der Waals surface area (Å²) in [6.07, 6.45) is -0.262. The van der Waals surface area contributed by atoms with Crippen molar-refractivity contribution >= 4 is 23.1 Å². The van der Waals surface area contributed by atoms with Crippen LogP contribution in [0, 0.1) is 6.92 Å². The van der Waals surface area contributed by atoms with Crippen molar-refractivity contribution < 1.29 is 9.53 Å². The Morgan fingerprint density at radius 3 is 2.76 bits per heavy atom. The highest BCUT2D eigenvalue weighted by atomic mass is 32.1. The van der Waals surface area contributed by atoms with Crippen LogP contribution in [0.5, 0.6) is 0 Å². The van der Waals surface area contributed by atoms with E-state index in [1.54, 1.807) is 16.2 Å². The van der Waals surface area contributed by atoms with E-state index in [4.69, 9.17) is 4.74 Å². The highest BCUT2D eigenvalue weighted by Crippen LogP contribution is 2.19. The molecule has 3 rings (SSSR count). The lowest BCUT2D eigenvalue weighted by Crippen LogP contribution is -2.23. The van der Waals surface area contributed by atoms with Gasteiger partial charge in [0.15, 0.2) is 0 Å². The van der Waals surface area contributed by atoms with E-state index in [-0.39, 0.29) is 6.09 Å². The Morgan fingerprint density at radius 2 is 2.14 bits per heavy atom. The van der Waals surface area contributed by atoms with Crippen LogP contribution in [0.4, 0.5) is 10.5 Å². The first-order valence-electron chi connectivity index (χ1n) is 6.87. The third-order valence-electron chi connectivity index (χ3n) is 3.47. The van der Waals surface area contributed by atoms with Crippen LogP contribution in [0.1, 0.15) is 16.1 Å². The molecule has 0 atom stereocenters. The molecular formula is C15H17N3O2S. The van der Waals surface area contributed by atoms with Gasteiger partial charge in [-0.05, 0) is 24.6 Å². The number of benzene rings is 1. The maximum absolute atomic E-state index is 11.5. The van der Waals surface area contributed by atoms with Crippen LogP contribution in [-0.2, 0) is 17.8 Å². The zero-order valence-electron chi connectivity index (χ0n) is 11.8. The maximum atomic E-state index is 11.5. The molecule has 1 aliphatic heterocycles. The Labute approximate surface area is 127 Å². The molecule has 1 fully saturated rings.